The Morgan fingerprint density at radius 1 is 1.36 bits per heavy atom. The lowest BCUT2D eigenvalue weighted by molar-refractivity contribution is -0.124. The monoisotopic (exact) mass is 383 g/mol. The lowest BCUT2D eigenvalue weighted by atomic mass is 9.70. The largest absolute Gasteiger partial charge is 0.375 e. The molecule has 0 saturated heterocycles. The molecule has 28 heavy (non-hydrogen) atoms. The van der Waals surface area contributed by atoms with E-state index in [4.69, 9.17) is 9.72 Å². The van der Waals surface area contributed by atoms with Crippen molar-refractivity contribution in [2.75, 3.05) is 20.3 Å². The minimum absolute atomic E-state index is 0.0455. The Bertz CT molecular complexity index is 853. The van der Waals surface area contributed by atoms with Gasteiger partial charge in [-0.3, -0.25) is 4.79 Å². The van der Waals surface area contributed by atoms with Crippen molar-refractivity contribution in [1.82, 2.24) is 15.3 Å². The number of H-pyrrole nitrogens is 1. The quantitative estimate of drug-likeness (QED) is 0.710. The van der Waals surface area contributed by atoms with Crippen molar-refractivity contribution < 1.29 is 9.53 Å². The molecule has 0 aliphatic heterocycles. The average Bonchev–Trinajstić information content (AvgIpc) is 3.06. The molecule has 0 bridgehead atoms. The third-order valence-electron chi connectivity index (χ3n) is 6.10. The maximum absolute atomic E-state index is 11.8. The Kier molecular flexibility index (Phi) is 6.55. The van der Waals surface area contributed by atoms with E-state index in [1.165, 1.54) is 11.1 Å². The molecule has 152 valence electrons. The van der Waals surface area contributed by atoms with E-state index in [2.05, 4.69) is 62.3 Å². The number of carbonyl (C=O) groups is 1. The summed E-state index contributed by atoms with van der Waals surface area (Å²) in [5.74, 6) is 2.98. The summed E-state index contributed by atoms with van der Waals surface area (Å²) in [4.78, 5) is 20.2. The van der Waals surface area contributed by atoms with E-state index in [9.17, 15) is 4.79 Å². The molecule has 1 aromatic carbocycles. The minimum atomic E-state index is -0.0455. The summed E-state index contributed by atoms with van der Waals surface area (Å²) in [7, 11) is 1.55. The number of aromatic nitrogens is 2. The fourth-order valence-electron chi connectivity index (χ4n) is 4.48. The molecule has 3 atom stereocenters. The van der Waals surface area contributed by atoms with Crippen LogP contribution in [0.1, 0.15) is 38.6 Å². The Morgan fingerprint density at radius 3 is 2.82 bits per heavy atom. The van der Waals surface area contributed by atoms with E-state index in [0.717, 1.165) is 29.7 Å². The lowest BCUT2D eigenvalue weighted by Crippen LogP contribution is -2.38. The van der Waals surface area contributed by atoms with Crippen LogP contribution in [0, 0.1) is 30.6 Å². The lowest BCUT2D eigenvalue weighted by Gasteiger charge is -2.37. The van der Waals surface area contributed by atoms with Gasteiger partial charge in [-0.15, -0.1) is 0 Å². The fraction of sp³-hybridized carbons (Fsp3) is 0.565. The van der Waals surface area contributed by atoms with E-state index in [1.54, 1.807) is 7.11 Å². The molecule has 0 radical (unpaired) electrons. The van der Waals surface area contributed by atoms with Crippen molar-refractivity contribution in [1.29, 1.82) is 0 Å². The highest BCUT2D eigenvalue weighted by molar-refractivity contribution is 5.78. The number of ether oxygens (including phenoxy) is 1. The molecule has 5 heteroatoms. The number of methoxy groups -OCH3 is 1. The SMILES string of the molecule is COCC(=O)NCC1C=C(C)C(Cc2nc3c(C)cccc3[nH]2)CC1C(C)C. The summed E-state index contributed by atoms with van der Waals surface area (Å²) in [6.45, 7) is 9.69. The molecule has 2 N–H and O–H groups in total. The molecular formula is C23H33N3O2. The number of nitrogens with one attached hydrogen (secondary N) is 2. The van der Waals surface area contributed by atoms with Gasteiger partial charge in [-0.1, -0.05) is 37.6 Å². The maximum Gasteiger partial charge on any atom is 0.246 e. The molecule has 3 rings (SSSR count). The van der Waals surface area contributed by atoms with Crippen LogP contribution in [0.5, 0.6) is 0 Å². The van der Waals surface area contributed by atoms with Crippen LogP contribution in [0.3, 0.4) is 0 Å². The van der Waals surface area contributed by atoms with E-state index >= 15 is 0 Å². The van der Waals surface area contributed by atoms with Gasteiger partial charge < -0.3 is 15.0 Å². The summed E-state index contributed by atoms with van der Waals surface area (Å²) in [5.41, 5.74) is 4.81. The standard InChI is InChI=1S/C23H33N3O2/c1-14(2)19-10-17(16(4)9-18(19)12-24-22(27)13-28-5)11-21-25-20-8-6-7-15(3)23(20)26-21/h6-9,14,17-19H,10-13H2,1-5H3,(H,24,27)(H,25,26). The second-order valence-corrected chi connectivity index (χ2v) is 8.51. The highest BCUT2D eigenvalue weighted by Gasteiger charge is 2.32. The smallest absolute Gasteiger partial charge is 0.246 e. The first kappa shape index (κ1) is 20.6. The fourth-order valence-corrected chi connectivity index (χ4v) is 4.48. The van der Waals surface area contributed by atoms with E-state index in [-0.39, 0.29) is 12.5 Å². The van der Waals surface area contributed by atoms with Gasteiger partial charge in [0.15, 0.2) is 0 Å². The number of carbonyl (C=O) groups excluding carboxylic acids is 1. The summed E-state index contributed by atoms with van der Waals surface area (Å²) in [6, 6.07) is 6.27. The van der Waals surface area contributed by atoms with E-state index in [0.29, 0.717) is 30.2 Å². The van der Waals surface area contributed by atoms with Crippen LogP contribution in [0.25, 0.3) is 11.0 Å². The zero-order valence-corrected chi connectivity index (χ0v) is 17.7. The van der Waals surface area contributed by atoms with E-state index in [1.807, 2.05) is 0 Å². The molecule has 0 spiro atoms. The molecule has 2 aromatic rings. The molecule has 3 unspecified atom stereocenters. The van der Waals surface area contributed by atoms with Crippen molar-refractivity contribution in [2.24, 2.45) is 23.7 Å². The number of nitrogens with zero attached hydrogens (tertiary/aromatic N) is 1. The van der Waals surface area contributed by atoms with Gasteiger partial charge in [-0.2, -0.15) is 0 Å². The van der Waals surface area contributed by atoms with Crippen LogP contribution in [0.4, 0.5) is 0 Å². The van der Waals surface area contributed by atoms with Gasteiger partial charge in [-0.25, -0.2) is 4.98 Å². The second-order valence-electron chi connectivity index (χ2n) is 8.51. The van der Waals surface area contributed by atoms with Crippen molar-refractivity contribution in [2.45, 2.75) is 40.5 Å². The molecular weight excluding hydrogens is 350 g/mol. The number of benzene rings is 1. The van der Waals surface area contributed by atoms with E-state index < -0.39 is 0 Å². The van der Waals surface area contributed by atoms with Gasteiger partial charge in [0.2, 0.25) is 5.91 Å². The van der Waals surface area contributed by atoms with Gasteiger partial charge >= 0.3 is 0 Å². The number of amides is 1. The predicted molar refractivity (Wildman–Crippen MR) is 113 cm³/mol. The first-order valence-corrected chi connectivity index (χ1v) is 10.3. The van der Waals surface area contributed by atoms with Crippen LogP contribution < -0.4 is 5.32 Å². The number of fused-ring (bicyclic) bond motifs is 1. The molecule has 1 aliphatic carbocycles. The zero-order chi connectivity index (χ0) is 20.3. The summed E-state index contributed by atoms with van der Waals surface area (Å²) < 4.78 is 4.92. The Labute approximate surface area is 168 Å². The second kappa shape index (κ2) is 8.91. The van der Waals surface area contributed by atoms with Gasteiger partial charge in [0, 0.05) is 20.1 Å². The molecule has 1 amide bonds. The number of aryl methyl sites for hydroxylation is 1. The van der Waals surface area contributed by atoms with Crippen molar-refractivity contribution in [3.63, 3.8) is 0 Å². The van der Waals surface area contributed by atoms with Crippen molar-refractivity contribution in [3.8, 4) is 0 Å². The van der Waals surface area contributed by atoms with Crippen LogP contribution in [0.2, 0.25) is 0 Å². The first-order chi connectivity index (χ1) is 13.4. The van der Waals surface area contributed by atoms with Crippen molar-refractivity contribution in [3.05, 3.63) is 41.2 Å². The van der Waals surface area contributed by atoms with Gasteiger partial charge in [-0.05, 0) is 55.6 Å². The number of allylic oxidation sites excluding steroid dienone is 1. The van der Waals surface area contributed by atoms with Gasteiger partial charge in [0.1, 0.15) is 12.4 Å². The number of aromatic amines is 1. The Hall–Kier alpha value is -2.14. The number of para-hydroxylation sites is 1. The molecule has 1 heterocycles. The highest BCUT2D eigenvalue weighted by Crippen LogP contribution is 2.38. The van der Waals surface area contributed by atoms with Crippen LogP contribution in [0.15, 0.2) is 29.8 Å². The number of imidazole rings is 1. The molecule has 0 fully saturated rings. The predicted octanol–water partition coefficient (Wildman–Crippen LogP) is 4.03. The first-order valence-electron chi connectivity index (χ1n) is 10.3. The average molecular weight is 384 g/mol. The Balaban J connectivity index is 1.74. The highest BCUT2D eigenvalue weighted by atomic mass is 16.5. The zero-order valence-electron chi connectivity index (χ0n) is 17.7. The molecule has 5 nitrogen and oxygen atoms in total. The number of hydrogen-bond donors (Lipinski definition) is 2. The van der Waals surface area contributed by atoms with Crippen molar-refractivity contribution >= 4 is 16.9 Å². The Morgan fingerprint density at radius 2 is 2.14 bits per heavy atom. The molecule has 0 saturated carbocycles. The van der Waals surface area contributed by atoms with Crippen LogP contribution >= 0.6 is 0 Å². The maximum atomic E-state index is 11.8. The summed E-state index contributed by atoms with van der Waals surface area (Å²) in [6.07, 6.45) is 4.43. The summed E-state index contributed by atoms with van der Waals surface area (Å²) >= 11 is 0. The van der Waals surface area contributed by atoms with Crippen LogP contribution in [-0.2, 0) is 16.0 Å². The molecule has 1 aromatic heterocycles. The molecule has 1 aliphatic rings. The third-order valence-corrected chi connectivity index (χ3v) is 6.10. The number of rotatable bonds is 7. The minimum Gasteiger partial charge on any atom is -0.375 e. The third kappa shape index (κ3) is 4.64. The normalized spacial score (nSPS) is 22.5. The summed E-state index contributed by atoms with van der Waals surface area (Å²) in [5, 5.41) is 3.02. The van der Waals surface area contributed by atoms with Gasteiger partial charge in [0.25, 0.3) is 0 Å². The van der Waals surface area contributed by atoms with Crippen LogP contribution in [-0.4, -0.2) is 36.1 Å². The number of hydrogen-bond acceptors (Lipinski definition) is 3. The topological polar surface area (TPSA) is 67.0 Å². The van der Waals surface area contributed by atoms with Gasteiger partial charge in [0.05, 0.1) is 11.0 Å².